The van der Waals surface area contributed by atoms with Gasteiger partial charge in [0.15, 0.2) is 0 Å². The monoisotopic (exact) mass is 392 g/mol. The van der Waals surface area contributed by atoms with Crippen LogP contribution in [-0.4, -0.2) is 28.1 Å². The van der Waals surface area contributed by atoms with Crippen LogP contribution in [0.2, 0.25) is 0 Å². The van der Waals surface area contributed by atoms with Crippen molar-refractivity contribution in [1.29, 1.82) is 0 Å². The summed E-state index contributed by atoms with van der Waals surface area (Å²) in [6.45, 7) is 5.91. The molecule has 2 rings (SSSR count). The van der Waals surface area contributed by atoms with Crippen molar-refractivity contribution >= 4 is 28.3 Å². The van der Waals surface area contributed by atoms with Gasteiger partial charge in [0, 0.05) is 12.0 Å². The second kappa shape index (κ2) is 10.1. The number of unbranched alkanes of at least 4 members (excludes halogenated alkanes) is 1. The van der Waals surface area contributed by atoms with Crippen LogP contribution in [0, 0.1) is 11.7 Å². The van der Waals surface area contributed by atoms with Gasteiger partial charge >= 0.3 is 0 Å². The molecule has 2 amide bonds. The maximum absolute atomic E-state index is 13.0. The van der Waals surface area contributed by atoms with Gasteiger partial charge in [-0.15, -0.1) is 10.2 Å². The largest absolute Gasteiger partial charge is 0.344 e. The second-order valence-corrected chi connectivity index (χ2v) is 7.42. The molecule has 27 heavy (non-hydrogen) atoms. The Morgan fingerprint density at radius 3 is 2.52 bits per heavy atom. The minimum atomic E-state index is -0.627. The van der Waals surface area contributed by atoms with E-state index in [1.165, 1.54) is 23.5 Å². The van der Waals surface area contributed by atoms with Crippen molar-refractivity contribution in [1.82, 2.24) is 15.5 Å². The van der Waals surface area contributed by atoms with Gasteiger partial charge in [0.1, 0.15) is 16.9 Å². The summed E-state index contributed by atoms with van der Waals surface area (Å²) >= 11 is 1.20. The highest BCUT2D eigenvalue weighted by Gasteiger charge is 2.26. The molecule has 0 spiro atoms. The highest BCUT2D eigenvalue weighted by molar-refractivity contribution is 7.18. The standard InChI is InChI=1S/C19H25FN4O2S/c1-4-6-7-15(25)21-16(12(3)5-2)17(26)22-19-24-23-18(27-19)13-8-10-14(20)11-9-13/h8-12,16H,4-7H2,1-3H3,(H,21,25)(H,22,24,26)/t12-,16-/m0/s1. The predicted octanol–water partition coefficient (Wildman–Crippen LogP) is 4.00. The zero-order chi connectivity index (χ0) is 19.8. The lowest BCUT2D eigenvalue weighted by Crippen LogP contribution is -2.47. The summed E-state index contributed by atoms with van der Waals surface area (Å²) in [4.78, 5) is 24.7. The molecule has 1 aromatic carbocycles. The highest BCUT2D eigenvalue weighted by atomic mass is 32.1. The van der Waals surface area contributed by atoms with Gasteiger partial charge in [0.05, 0.1) is 0 Å². The maximum Gasteiger partial charge on any atom is 0.249 e. The Morgan fingerprint density at radius 2 is 1.89 bits per heavy atom. The molecule has 2 aromatic rings. The summed E-state index contributed by atoms with van der Waals surface area (Å²) in [6.07, 6.45) is 2.87. The van der Waals surface area contributed by atoms with Gasteiger partial charge in [-0.05, 0) is 36.6 Å². The summed E-state index contributed by atoms with van der Waals surface area (Å²) in [7, 11) is 0. The van der Waals surface area contributed by atoms with Crippen LogP contribution in [-0.2, 0) is 9.59 Å². The first-order valence-electron chi connectivity index (χ1n) is 9.14. The molecule has 6 nitrogen and oxygen atoms in total. The van der Waals surface area contributed by atoms with Gasteiger partial charge < -0.3 is 5.32 Å². The third-order valence-electron chi connectivity index (χ3n) is 4.32. The Bertz CT molecular complexity index is 763. The smallest absolute Gasteiger partial charge is 0.249 e. The molecule has 0 bridgehead atoms. The number of amides is 2. The first-order chi connectivity index (χ1) is 12.9. The number of hydrogen-bond acceptors (Lipinski definition) is 5. The number of anilines is 1. The molecule has 1 aromatic heterocycles. The van der Waals surface area contributed by atoms with Crippen LogP contribution in [0.25, 0.3) is 10.6 Å². The van der Waals surface area contributed by atoms with Crippen molar-refractivity contribution < 1.29 is 14.0 Å². The van der Waals surface area contributed by atoms with Crippen LogP contribution in [0.5, 0.6) is 0 Å². The van der Waals surface area contributed by atoms with Gasteiger partial charge in [-0.1, -0.05) is 44.9 Å². The van der Waals surface area contributed by atoms with E-state index in [1.807, 2.05) is 20.8 Å². The molecular weight excluding hydrogens is 367 g/mol. The van der Waals surface area contributed by atoms with E-state index in [9.17, 15) is 14.0 Å². The summed E-state index contributed by atoms with van der Waals surface area (Å²) in [5.41, 5.74) is 0.723. The van der Waals surface area contributed by atoms with Gasteiger partial charge in [0.2, 0.25) is 16.9 Å². The normalized spacial score (nSPS) is 13.0. The lowest BCUT2D eigenvalue weighted by Gasteiger charge is -2.22. The van der Waals surface area contributed by atoms with Crippen LogP contribution < -0.4 is 10.6 Å². The molecule has 0 aliphatic carbocycles. The van der Waals surface area contributed by atoms with E-state index in [0.717, 1.165) is 24.8 Å². The van der Waals surface area contributed by atoms with Crippen LogP contribution >= 0.6 is 11.3 Å². The van der Waals surface area contributed by atoms with E-state index in [1.54, 1.807) is 12.1 Å². The highest BCUT2D eigenvalue weighted by Crippen LogP contribution is 2.26. The SMILES string of the molecule is CCCCC(=O)N[C@H](C(=O)Nc1nnc(-c2ccc(F)cc2)s1)[C@@H](C)CC. The van der Waals surface area contributed by atoms with Crippen molar-refractivity contribution in [2.75, 3.05) is 5.32 Å². The van der Waals surface area contributed by atoms with Gasteiger partial charge in [-0.25, -0.2) is 4.39 Å². The van der Waals surface area contributed by atoms with Gasteiger partial charge in [-0.3, -0.25) is 14.9 Å². The predicted molar refractivity (Wildman–Crippen MR) is 105 cm³/mol. The van der Waals surface area contributed by atoms with Crippen molar-refractivity contribution in [3.05, 3.63) is 30.1 Å². The molecule has 146 valence electrons. The number of nitrogens with zero attached hydrogens (tertiary/aromatic N) is 2. The molecular formula is C19H25FN4O2S. The Balaban J connectivity index is 2.05. The minimum absolute atomic E-state index is 0.0138. The Hall–Kier alpha value is -2.35. The number of carbonyl (C=O) groups is 2. The maximum atomic E-state index is 13.0. The third-order valence-corrected chi connectivity index (χ3v) is 5.20. The van der Waals surface area contributed by atoms with Crippen molar-refractivity contribution in [2.45, 2.75) is 52.5 Å². The van der Waals surface area contributed by atoms with Crippen LogP contribution in [0.3, 0.4) is 0 Å². The van der Waals surface area contributed by atoms with Gasteiger partial charge in [0.25, 0.3) is 0 Å². The van der Waals surface area contributed by atoms with Crippen molar-refractivity contribution in [3.63, 3.8) is 0 Å². The Labute approximate surface area is 162 Å². The van der Waals surface area contributed by atoms with Crippen LogP contribution in [0.4, 0.5) is 9.52 Å². The zero-order valence-electron chi connectivity index (χ0n) is 15.8. The molecule has 0 aliphatic heterocycles. The quantitative estimate of drug-likeness (QED) is 0.675. The lowest BCUT2D eigenvalue weighted by atomic mass is 9.98. The summed E-state index contributed by atoms with van der Waals surface area (Å²) in [5.74, 6) is -0.773. The first-order valence-corrected chi connectivity index (χ1v) is 9.95. The number of carbonyl (C=O) groups excluding carboxylic acids is 2. The molecule has 0 aliphatic rings. The van der Waals surface area contributed by atoms with E-state index in [4.69, 9.17) is 0 Å². The zero-order valence-corrected chi connectivity index (χ0v) is 16.6. The molecule has 0 unspecified atom stereocenters. The average molecular weight is 393 g/mol. The molecule has 0 fully saturated rings. The fraction of sp³-hybridized carbons (Fsp3) is 0.474. The topological polar surface area (TPSA) is 84.0 Å². The second-order valence-electron chi connectivity index (χ2n) is 6.44. The Kier molecular flexibility index (Phi) is 7.84. The van der Waals surface area contributed by atoms with Crippen molar-refractivity contribution in [3.8, 4) is 10.6 Å². The van der Waals surface area contributed by atoms with E-state index < -0.39 is 6.04 Å². The number of halogens is 1. The molecule has 8 heteroatoms. The fourth-order valence-electron chi connectivity index (χ4n) is 2.45. The average Bonchev–Trinajstić information content (AvgIpc) is 3.12. The number of nitrogens with one attached hydrogen (secondary N) is 2. The summed E-state index contributed by atoms with van der Waals surface area (Å²) in [5, 5.41) is 14.5. The number of hydrogen-bond donors (Lipinski definition) is 2. The summed E-state index contributed by atoms with van der Waals surface area (Å²) < 4.78 is 13.0. The molecule has 0 saturated carbocycles. The number of aromatic nitrogens is 2. The molecule has 1 heterocycles. The van der Waals surface area contributed by atoms with E-state index >= 15 is 0 Å². The van der Waals surface area contributed by atoms with E-state index in [0.29, 0.717) is 16.6 Å². The van der Waals surface area contributed by atoms with E-state index in [-0.39, 0.29) is 23.5 Å². The molecule has 0 saturated heterocycles. The fourth-order valence-corrected chi connectivity index (χ4v) is 3.20. The molecule has 2 N–H and O–H groups in total. The van der Waals surface area contributed by atoms with Crippen LogP contribution in [0.15, 0.2) is 24.3 Å². The summed E-state index contributed by atoms with van der Waals surface area (Å²) in [6, 6.07) is 5.28. The lowest BCUT2D eigenvalue weighted by molar-refractivity contribution is -0.127. The van der Waals surface area contributed by atoms with Crippen LogP contribution in [0.1, 0.15) is 46.5 Å². The Morgan fingerprint density at radius 1 is 1.19 bits per heavy atom. The third kappa shape index (κ3) is 6.09. The van der Waals surface area contributed by atoms with E-state index in [2.05, 4.69) is 20.8 Å². The number of rotatable bonds is 9. The first kappa shape index (κ1) is 21.0. The van der Waals surface area contributed by atoms with Crippen molar-refractivity contribution in [2.24, 2.45) is 5.92 Å². The molecule has 0 radical (unpaired) electrons. The van der Waals surface area contributed by atoms with Gasteiger partial charge in [-0.2, -0.15) is 0 Å². The minimum Gasteiger partial charge on any atom is -0.344 e. The molecule has 2 atom stereocenters. The number of benzene rings is 1.